The molecule has 0 amide bonds. The van der Waals surface area contributed by atoms with E-state index in [9.17, 15) is 9.18 Å². The summed E-state index contributed by atoms with van der Waals surface area (Å²) in [6.45, 7) is 0.476. The summed E-state index contributed by atoms with van der Waals surface area (Å²) in [5.41, 5.74) is 3.03. The predicted molar refractivity (Wildman–Crippen MR) is 121 cm³/mol. The van der Waals surface area contributed by atoms with Crippen LogP contribution in [0.25, 0.3) is 23.1 Å². The Labute approximate surface area is 187 Å². The molecule has 0 saturated carbocycles. The molecule has 156 valence electrons. The van der Waals surface area contributed by atoms with Crippen molar-refractivity contribution in [2.75, 3.05) is 0 Å². The Morgan fingerprint density at radius 3 is 2.45 bits per heavy atom. The summed E-state index contributed by atoms with van der Waals surface area (Å²) >= 11 is 12.0. The fourth-order valence-electron chi connectivity index (χ4n) is 3.39. The molecule has 0 spiro atoms. The van der Waals surface area contributed by atoms with Crippen LogP contribution in [-0.2, 0) is 6.54 Å². The first kappa shape index (κ1) is 21.0. The number of rotatable bonds is 5. The van der Waals surface area contributed by atoms with Gasteiger partial charge in [-0.15, -0.1) is 0 Å². The second-order valence-electron chi connectivity index (χ2n) is 6.84. The minimum atomic E-state index is -1.36. The Hall–Kier alpha value is -3.28. The molecule has 0 aliphatic rings. The highest BCUT2D eigenvalue weighted by molar-refractivity contribution is 6.31. The summed E-state index contributed by atoms with van der Waals surface area (Å²) in [4.78, 5) is 10.9. The third-order valence-electron chi connectivity index (χ3n) is 4.82. The maximum absolute atomic E-state index is 14.1. The Morgan fingerprint density at radius 2 is 1.71 bits per heavy atom. The van der Waals surface area contributed by atoms with Crippen molar-refractivity contribution in [2.45, 2.75) is 6.54 Å². The van der Waals surface area contributed by atoms with Gasteiger partial charge in [-0.3, -0.25) is 0 Å². The molecule has 0 bridgehead atoms. The predicted octanol–water partition coefficient (Wildman–Crippen LogP) is 7.36. The van der Waals surface area contributed by atoms with E-state index in [-0.39, 0.29) is 5.75 Å². The highest BCUT2D eigenvalue weighted by atomic mass is 35.5. The van der Waals surface area contributed by atoms with Gasteiger partial charge in [0.1, 0.15) is 11.6 Å². The number of halogens is 3. The van der Waals surface area contributed by atoms with Gasteiger partial charge in [-0.25, -0.2) is 9.18 Å². The van der Waals surface area contributed by atoms with Crippen molar-refractivity contribution in [2.24, 2.45) is 0 Å². The first-order valence-electron chi connectivity index (χ1n) is 9.31. The van der Waals surface area contributed by atoms with Gasteiger partial charge in [0.2, 0.25) is 0 Å². The summed E-state index contributed by atoms with van der Waals surface area (Å²) in [5, 5.41) is 10.5. The monoisotopic (exact) mass is 455 g/mol. The normalized spacial score (nSPS) is 11.3. The molecule has 3 aromatic carbocycles. The van der Waals surface area contributed by atoms with Crippen LogP contribution in [0.2, 0.25) is 10.0 Å². The van der Waals surface area contributed by atoms with E-state index in [4.69, 9.17) is 33.0 Å². The van der Waals surface area contributed by atoms with E-state index in [0.717, 1.165) is 16.6 Å². The number of ether oxygens (including phenoxy) is 1. The Balaban J connectivity index is 1.69. The molecule has 4 nitrogen and oxygen atoms in total. The minimum absolute atomic E-state index is 0.271. The van der Waals surface area contributed by atoms with E-state index in [1.807, 2.05) is 35.0 Å². The van der Waals surface area contributed by atoms with Crippen molar-refractivity contribution >= 4 is 52.4 Å². The zero-order valence-electron chi connectivity index (χ0n) is 16.1. The number of carbonyl (C=O) groups is 1. The zero-order valence-corrected chi connectivity index (χ0v) is 17.6. The molecule has 0 aliphatic heterocycles. The maximum atomic E-state index is 14.1. The summed E-state index contributed by atoms with van der Waals surface area (Å²) in [6, 6.07) is 17.0. The number of carboxylic acid groups (broad SMARTS) is 1. The Morgan fingerprint density at radius 1 is 1.00 bits per heavy atom. The van der Waals surface area contributed by atoms with Gasteiger partial charge in [-0.2, -0.15) is 0 Å². The van der Waals surface area contributed by atoms with Crippen LogP contribution in [0.3, 0.4) is 0 Å². The van der Waals surface area contributed by atoms with E-state index in [2.05, 4.69) is 0 Å². The van der Waals surface area contributed by atoms with E-state index in [1.165, 1.54) is 6.07 Å². The van der Waals surface area contributed by atoms with Gasteiger partial charge in [-0.05, 0) is 53.6 Å². The zero-order chi connectivity index (χ0) is 22.0. The van der Waals surface area contributed by atoms with Crippen molar-refractivity contribution in [3.05, 3.63) is 99.4 Å². The van der Waals surface area contributed by atoms with Gasteiger partial charge in [0.25, 0.3) is 0 Å². The van der Waals surface area contributed by atoms with E-state index in [1.54, 1.807) is 42.5 Å². The van der Waals surface area contributed by atoms with Crippen molar-refractivity contribution in [1.82, 2.24) is 4.57 Å². The fourth-order valence-corrected chi connectivity index (χ4v) is 3.74. The molecule has 1 aromatic heterocycles. The van der Waals surface area contributed by atoms with Crippen LogP contribution >= 0.6 is 23.2 Å². The molecule has 0 aliphatic carbocycles. The lowest BCUT2D eigenvalue weighted by molar-refractivity contribution is 0.145. The van der Waals surface area contributed by atoms with Crippen molar-refractivity contribution < 1.29 is 19.0 Å². The molecule has 0 saturated heterocycles. The fraction of sp³-hybridized carbons (Fsp3) is 0.0417. The van der Waals surface area contributed by atoms with E-state index >= 15 is 0 Å². The van der Waals surface area contributed by atoms with Gasteiger partial charge in [0.05, 0.1) is 5.52 Å². The molecule has 0 unspecified atom stereocenters. The highest BCUT2D eigenvalue weighted by Gasteiger charge is 2.11. The van der Waals surface area contributed by atoms with Crippen molar-refractivity contribution in [3.63, 3.8) is 0 Å². The molecule has 1 N–H and O–H groups in total. The molecule has 4 rings (SSSR count). The molecule has 0 radical (unpaired) electrons. The van der Waals surface area contributed by atoms with Crippen LogP contribution in [0.5, 0.6) is 5.75 Å². The number of aromatic nitrogens is 1. The number of hydrogen-bond donors (Lipinski definition) is 1. The second-order valence-corrected chi connectivity index (χ2v) is 7.72. The summed E-state index contributed by atoms with van der Waals surface area (Å²) < 4.78 is 20.9. The van der Waals surface area contributed by atoms with Crippen LogP contribution in [0.1, 0.15) is 16.7 Å². The molecule has 4 aromatic rings. The average molecular weight is 456 g/mol. The van der Waals surface area contributed by atoms with Crippen LogP contribution < -0.4 is 4.74 Å². The van der Waals surface area contributed by atoms with Gasteiger partial charge in [0.15, 0.2) is 0 Å². The molecular weight excluding hydrogens is 440 g/mol. The topological polar surface area (TPSA) is 51.5 Å². The van der Waals surface area contributed by atoms with E-state index in [0.29, 0.717) is 27.5 Å². The minimum Gasteiger partial charge on any atom is -0.449 e. The van der Waals surface area contributed by atoms with Crippen LogP contribution in [0.4, 0.5) is 9.18 Å². The Kier molecular flexibility index (Phi) is 5.98. The van der Waals surface area contributed by atoms with E-state index < -0.39 is 12.0 Å². The quantitative estimate of drug-likeness (QED) is 0.194. The number of nitrogens with zero attached hydrogens (tertiary/aromatic N) is 1. The lowest BCUT2D eigenvalue weighted by Crippen LogP contribution is -2.03. The van der Waals surface area contributed by atoms with Gasteiger partial charge in [-0.1, -0.05) is 53.6 Å². The molecular formula is C24H16Cl2FNO3. The van der Waals surface area contributed by atoms with Crippen molar-refractivity contribution in [3.8, 4) is 5.75 Å². The lowest BCUT2D eigenvalue weighted by Gasteiger charge is -2.11. The second kappa shape index (κ2) is 8.84. The molecule has 1 heterocycles. The summed E-state index contributed by atoms with van der Waals surface area (Å²) in [5.74, 6) is -0.130. The average Bonchev–Trinajstić information content (AvgIpc) is 3.12. The van der Waals surface area contributed by atoms with Crippen LogP contribution in [0, 0.1) is 5.82 Å². The molecule has 31 heavy (non-hydrogen) atoms. The van der Waals surface area contributed by atoms with Gasteiger partial charge < -0.3 is 14.4 Å². The van der Waals surface area contributed by atoms with Crippen molar-refractivity contribution in [1.29, 1.82) is 0 Å². The highest BCUT2D eigenvalue weighted by Crippen LogP contribution is 2.28. The Bertz CT molecular complexity index is 1310. The van der Waals surface area contributed by atoms with Crippen LogP contribution in [-0.4, -0.2) is 15.8 Å². The third kappa shape index (κ3) is 4.74. The SMILES string of the molecule is O=C(O)Oc1cccc2c1ccn2Cc1cc(Cl)ccc1/C=C/c1ccc(Cl)cc1F. The number of fused-ring (bicyclic) bond motifs is 1. The number of hydrogen-bond acceptors (Lipinski definition) is 2. The van der Waals surface area contributed by atoms with Gasteiger partial charge >= 0.3 is 6.16 Å². The molecule has 0 atom stereocenters. The summed E-state index contributed by atoms with van der Waals surface area (Å²) in [7, 11) is 0. The first-order chi connectivity index (χ1) is 14.9. The lowest BCUT2D eigenvalue weighted by atomic mass is 10.1. The first-order valence-corrected chi connectivity index (χ1v) is 10.1. The largest absolute Gasteiger partial charge is 0.511 e. The van der Waals surface area contributed by atoms with Crippen LogP contribution in [0.15, 0.2) is 66.9 Å². The van der Waals surface area contributed by atoms with Gasteiger partial charge in [0, 0.05) is 33.7 Å². The third-order valence-corrected chi connectivity index (χ3v) is 5.29. The molecule has 0 fully saturated rings. The molecule has 7 heteroatoms. The smallest absolute Gasteiger partial charge is 0.449 e. The summed E-state index contributed by atoms with van der Waals surface area (Å²) in [6.07, 6.45) is 4.00. The number of benzene rings is 3. The standard InChI is InChI=1S/C24H16Cl2FNO3/c25-18-8-6-15(4-5-16-7-9-19(26)13-21(16)27)17(12-18)14-28-11-10-20-22(28)2-1-3-23(20)31-24(29)30/h1-13H,14H2,(H,29,30)/b5-4+. The maximum Gasteiger partial charge on any atom is 0.511 e.